The molecule has 1 aromatic heterocycles. The van der Waals surface area contributed by atoms with E-state index in [1.54, 1.807) is 18.5 Å². The standard InChI is InChI=1S/C12H17ClN2O2S/c1-18(16,17)11-3-2-6-15(9-11)8-10-7-14-5-4-12(10)13/h4-5,7,11H,2-3,6,8-9H2,1H3. The van der Waals surface area contributed by atoms with E-state index in [-0.39, 0.29) is 5.25 Å². The molecule has 2 heterocycles. The van der Waals surface area contributed by atoms with Gasteiger partial charge in [-0.2, -0.15) is 0 Å². The van der Waals surface area contributed by atoms with Crippen molar-refractivity contribution in [3.8, 4) is 0 Å². The first kappa shape index (κ1) is 13.8. The van der Waals surface area contributed by atoms with Gasteiger partial charge in [0.15, 0.2) is 9.84 Å². The Bertz CT molecular complexity index is 519. The van der Waals surface area contributed by atoms with Gasteiger partial charge in [0.2, 0.25) is 0 Å². The Morgan fingerprint density at radius 2 is 2.33 bits per heavy atom. The van der Waals surface area contributed by atoms with Crippen LogP contribution >= 0.6 is 11.6 Å². The highest BCUT2D eigenvalue weighted by molar-refractivity contribution is 7.91. The molecule has 0 saturated carbocycles. The molecule has 2 rings (SSSR count). The SMILES string of the molecule is CS(=O)(=O)C1CCCN(Cc2cnccc2Cl)C1. The molecular weight excluding hydrogens is 272 g/mol. The van der Waals surface area contributed by atoms with Crippen LogP contribution in [0.25, 0.3) is 0 Å². The largest absolute Gasteiger partial charge is 0.298 e. The fraction of sp³-hybridized carbons (Fsp3) is 0.583. The van der Waals surface area contributed by atoms with Gasteiger partial charge in [0, 0.05) is 42.3 Å². The number of rotatable bonds is 3. The van der Waals surface area contributed by atoms with Crippen molar-refractivity contribution in [1.82, 2.24) is 9.88 Å². The summed E-state index contributed by atoms with van der Waals surface area (Å²) < 4.78 is 23.2. The van der Waals surface area contributed by atoms with E-state index in [0.717, 1.165) is 24.9 Å². The average Bonchev–Trinajstić information content (AvgIpc) is 2.31. The molecule has 0 spiro atoms. The first-order valence-corrected chi connectivity index (χ1v) is 8.29. The van der Waals surface area contributed by atoms with Crippen LogP contribution in [-0.4, -0.2) is 42.9 Å². The van der Waals surface area contributed by atoms with Crippen LogP contribution in [0.3, 0.4) is 0 Å². The van der Waals surface area contributed by atoms with Gasteiger partial charge in [0.1, 0.15) is 0 Å². The third kappa shape index (κ3) is 3.43. The smallest absolute Gasteiger partial charge is 0.151 e. The lowest BCUT2D eigenvalue weighted by Gasteiger charge is -2.31. The van der Waals surface area contributed by atoms with E-state index in [1.165, 1.54) is 6.26 Å². The molecule has 1 saturated heterocycles. The molecule has 1 unspecified atom stereocenters. The molecule has 0 aromatic carbocycles. The summed E-state index contributed by atoms with van der Waals surface area (Å²) in [5, 5.41) is 0.438. The molecule has 0 radical (unpaired) electrons. The average molecular weight is 289 g/mol. The summed E-state index contributed by atoms with van der Waals surface area (Å²) in [6.45, 7) is 2.17. The second-order valence-electron chi connectivity index (χ2n) is 4.80. The summed E-state index contributed by atoms with van der Waals surface area (Å²) in [4.78, 5) is 6.19. The highest BCUT2D eigenvalue weighted by Gasteiger charge is 2.27. The number of hydrogen-bond acceptors (Lipinski definition) is 4. The number of halogens is 1. The summed E-state index contributed by atoms with van der Waals surface area (Å²) in [7, 11) is -2.95. The molecule has 1 atom stereocenters. The van der Waals surface area contributed by atoms with Crippen LogP contribution in [0.5, 0.6) is 0 Å². The maximum atomic E-state index is 11.6. The van der Waals surface area contributed by atoms with Crippen LogP contribution in [-0.2, 0) is 16.4 Å². The summed E-state index contributed by atoms with van der Waals surface area (Å²) in [5.41, 5.74) is 0.952. The van der Waals surface area contributed by atoms with E-state index in [9.17, 15) is 8.42 Å². The van der Waals surface area contributed by atoms with Gasteiger partial charge in [-0.15, -0.1) is 0 Å². The molecule has 4 nitrogen and oxygen atoms in total. The number of pyridine rings is 1. The second kappa shape index (κ2) is 5.55. The third-order valence-corrected chi connectivity index (χ3v) is 5.27. The van der Waals surface area contributed by atoms with Crippen LogP contribution < -0.4 is 0 Å². The van der Waals surface area contributed by atoms with Gasteiger partial charge in [-0.3, -0.25) is 9.88 Å². The molecular formula is C12H17ClN2O2S. The molecule has 6 heteroatoms. The van der Waals surface area contributed by atoms with Crippen molar-refractivity contribution in [2.45, 2.75) is 24.6 Å². The van der Waals surface area contributed by atoms with Gasteiger partial charge in [0.05, 0.1) is 5.25 Å². The fourth-order valence-corrected chi connectivity index (χ4v) is 3.51. The topological polar surface area (TPSA) is 50.3 Å². The molecule has 100 valence electrons. The van der Waals surface area contributed by atoms with E-state index >= 15 is 0 Å². The predicted octanol–water partition coefficient (Wildman–Crippen LogP) is 1.74. The lowest BCUT2D eigenvalue weighted by atomic mass is 10.1. The zero-order valence-corrected chi connectivity index (χ0v) is 11.9. The number of likely N-dealkylation sites (tertiary alicyclic amines) is 1. The van der Waals surface area contributed by atoms with Crippen LogP contribution in [0.4, 0.5) is 0 Å². The lowest BCUT2D eigenvalue weighted by molar-refractivity contribution is 0.222. The van der Waals surface area contributed by atoms with Crippen molar-refractivity contribution in [2.24, 2.45) is 0 Å². The zero-order chi connectivity index (χ0) is 13.2. The molecule has 0 amide bonds. The van der Waals surface area contributed by atoms with Gasteiger partial charge in [0.25, 0.3) is 0 Å². The molecule has 18 heavy (non-hydrogen) atoms. The minimum absolute atomic E-state index is 0.248. The number of aromatic nitrogens is 1. The maximum absolute atomic E-state index is 11.6. The summed E-state index contributed by atoms with van der Waals surface area (Å²) in [6.07, 6.45) is 6.39. The first-order valence-electron chi connectivity index (χ1n) is 5.96. The van der Waals surface area contributed by atoms with Crippen molar-refractivity contribution in [2.75, 3.05) is 19.3 Å². The summed E-state index contributed by atoms with van der Waals surface area (Å²) in [6, 6.07) is 1.76. The van der Waals surface area contributed by atoms with Crippen molar-refractivity contribution >= 4 is 21.4 Å². The normalized spacial score (nSPS) is 22.0. The maximum Gasteiger partial charge on any atom is 0.151 e. The van der Waals surface area contributed by atoms with E-state index in [2.05, 4.69) is 9.88 Å². The third-order valence-electron chi connectivity index (χ3n) is 3.31. The predicted molar refractivity (Wildman–Crippen MR) is 72.4 cm³/mol. The number of nitrogens with zero attached hydrogens (tertiary/aromatic N) is 2. The highest BCUT2D eigenvalue weighted by Crippen LogP contribution is 2.21. The molecule has 1 aliphatic heterocycles. The Hall–Kier alpha value is -0.650. The zero-order valence-electron chi connectivity index (χ0n) is 10.3. The number of sulfone groups is 1. The van der Waals surface area contributed by atoms with Crippen LogP contribution in [0.1, 0.15) is 18.4 Å². The number of piperidine rings is 1. The fourth-order valence-electron chi connectivity index (χ4n) is 2.27. The van der Waals surface area contributed by atoms with Crippen molar-refractivity contribution < 1.29 is 8.42 Å². The summed E-state index contributed by atoms with van der Waals surface area (Å²) in [5.74, 6) is 0. The van der Waals surface area contributed by atoms with Crippen molar-refractivity contribution in [3.05, 3.63) is 29.0 Å². The van der Waals surface area contributed by atoms with Gasteiger partial charge >= 0.3 is 0 Å². The van der Waals surface area contributed by atoms with E-state index < -0.39 is 9.84 Å². The van der Waals surface area contributed by atoms with E-state index in [4.69, 9.17) is 11.6 Å². The van der Waals surface area contributed by atoms with Crippen LogP contribution in [0, 0.1) is 0 Å². The molecule has 0 aliphatic carbocycles. The van der Waals surface area contributed by atoms with Crippen molar-refractivity contribution in [1.29, 1.82) is 0 Å². The minimum atomic E-state index is -2.95. The van der Waals surface area contributed by atoms with E-state index in [0.29, 0.717) is 18.1 Å². The Kier molecular flexibility index (Phi) is 4.25. The Balaban J connectivity index is 2.05. The lowest BCUT2D eigenvalue weighted by Crippen LogP contribution is -2.41. The molecule has 1 aliphatic rings. The van der Waals surface area contributed by atoms with Gasteiger partial charge < -0.3 is 0 Å². The first-order chi connectivity index (χ1) is 8.47. The van der Waals surface area contributed by atoms with E-state index in [1.807, 2.05) is 0 Å². The molecule has 1 fully saturated rings. The van der Waals surface area contributed by atoms with Gasteiger partial charge in [-0.05, 0) is 25.5 Å². The Morgan fingerprint density at radius 1 is 1.56 bits per heavy atom. The Labute approximate surface area is 113 Å². The monoisotopic (exact) mass is 288 g/mol. The van der Waals surface area contributed by atoms with Crippen LogP contribution in [0.2, 0.25) is 5.02 Å². The number of hydrogen-bond donors (Lipinski definition) is 0. The minimum Gasteiger partial charge on any atom is -0.298 e. The molecule has 0 N–H and O–H groups in total. The second-order valence-corrected chi connectivity index (χ2v) is 7.53. The quantitative estimate of drug-likeness (QED) is 0.850. The van der Waals surface area contributed by atoms with Gasteiger partial charge in [-0.25, -0.2) is 8.42 Å². The van der Waals surface area contributed by atoms with Crippen LogP contribution in [0.15, 0.2) is 18.5 Å². The highest BCUT2D eigenvalue weighted by atomic mass is 35.5. The summed E-state index contributed by atoms with van der Waals surface area (Å²) >= 11 is 6.08. The Morgan fingerprint density at radius 3 is 3.00 bits per heavy atom. The molecule has 0 bridgehead atoms. The molecule has 1 aromatic rings. The van der Waals surface area contributed by atoms with Gasteiger partial charge in [-0.1, -0.05) is 11.6 Å². The van der Waals surface area contributed by atoms with Crippen molar-refractivity contribution in [3.63, 3.8) is 0 Å².